The summed E-state index contributed by atoms with van der Waals surface area (Å²) in [5.74, 6) is 1.02. The summed E-state index contributed by atoms with van der Waals surface area (Å²) in [6.07, 6.45) is 1.74. The third-order valence-electron chi connectivity index (χ3n) is 6.71. The first-order valence-corrected chi connectivity index (χ1v) is 14.8. The van der Waals surface area contributed by atoms with Crippen LogP contribution in [0.5, 0.6) is 11.5 Å². The maximum Gasteiger partial charge on any atom is 0.260 e. The summed E-state index contributed by atoms with van der Waals surface area (Å²) in [4.78, 5) is 22.7. The second kappa shape index (κ2) is 13.1. The van der Waals surface area contributed by atoms with Crippen LogP contribution in [0.2, 0.25) is 0 Å². The van der Waals surface area contributed by atoms with Gasteiger partial charge in [0.25, 0.3) is 5.91 Å². The molecular formula is C26H35ClN4O5S2. The first-order chi connectivity index (χ1) is 17.8. The number of carbonyl (C=O) groups excluding carboxylic acids is 1. The lowest BCUT2D eigenvalue weighted by molar-refractivity contribution is 0.0983. The number of ether oxygens (including phenoxy) is 2. The molecule has 0 atom stereocenters. The van der Waals surface area contributed by atoms with Crippen molar-refractivity contribution < 1.29 is 22.7 Å². The number of anilines is 1. The Hall–Kier alpha value is -2.44. The van der Waals surface area contributed by atoms with Gasteiger partial charge in [-0.2, -0.15) is 4.31 Å². The fourth-order valence-corrected chi connectivity index (χ4v) is 7.07. The number of amides is 1. The molecule has 3 aromatic rings. The highest BCUT2D eigenvalue weighted by atomic mass is 35.5. The van der Waals surface area contributed by atoms with Gasteiger partial charge < -0.3 is 14.4 Å². The average molecular weight is 583 g/mol. The zero-order valence-electron chi connectivity index (χ0n) is 22.2. The zero-order chi connectivity index (χ0) is 26.6. The first kappa shape index (κ1) is 30.1. The van der Waals surface area contributed by atoms with Crippen LogP contribution in [0.15, 0.2) is 41.3 Å². The molecule has 1 amide bonds. The molecule has 1 aliphatic rings. The second-order valence-electron chi connectivity index (χ2n) is 8.76. The largest absolute Gasteiger partial charge is 0.495 e. The Kier molecular flexibility index (Phi) is 10.4. The van der Waals surface area contributed by atoms with Gasteiger partial charge in [0.05, 0.1) is 19.1 Å². The van der Waals surface area contributed by atoms with Crippen molar-refractivity contribution in [2.75, 3.05) is 58.4 Å². The highest BCUT2D eigenvalue weighted by Gasteiger charge is 2.28. The molecule has 0 saturated carbocycles. The molecule has 1 fully saturated rings. The number of halogens is 1. The number of benzene rings is 2. The minimum atomic E-state index is -3.55. The number of hydrogen-bond donors (Lipinski definition) is 0. The molecule has 0 radical (unpaired) electrons. The lowest BCUT2D eigenvalue weighted by atomic mass is 10.2. The minimum absolute atomic E-state index is 0. The van der Waals surface area contributed by atoms with E-state index in [1.54, 1.807) is 37.3 Å². The Labute approximate surface area is 234 Å². The maximum absolute atomic E-state index is 13.8. The van der Waals surface area contributed by atoms with Crippen LogP contribution in [-0.2, 0) is 10.0 Å². The minimum Gasteiger partial charge on any atom is -0.495 e. The molecule has 2 aromatic carbocycles. The molecule has 1 saturated heterocycles. The molecule has 4 rings (SSSR count). The third-order valence-corrected chi connectivity index (χ3v) is 9.72. The van der Waals surface area contributed by atoms with Gasteiger partial charge >= 0.3 is 0 Å². The van der Waals surface area contributed by atoms with E-state index in [0.29, 0.717) is 53.9 Å². The summed E-state index contributed by atoms with van der Waals surface area (Å²) < 4.78 is 39.2. The summed E-state index contributed by atoms with van der Waals surface area (Å²) >= 11 is 1.37. The fourth-order valence-electron chi connectivity index (χ4n) is 4.46. The van der Waals surface area contributed by atoms with E-state index in [1.165, 1.54) is 27.8 Å². The Bertz CT molecular complexity index is 1300. The van der Waals surface area contributed by atoms with E-state index in [4.69, 9.17) is 14.5 Å². The molecule has 12 heteroatoms. The molecular weight excluding hydrogens is 548 g/mol. The Morgan fingerprint density at radius 2 is 1.58 bits per heavy atom. The smallest absolute Gasteiger partial charge is 0.260 e. The van der Waals surface area contributed by atoms with Crippen LogP contribution in [0.3, 0.4) is 0 Å². The van der Waals surface area contributed by atoms with Gasteiger partial charge in [-0.15, -0.1) is 12.4 Å². The summed E-state index contributed by atoms with van der Waals surface area (Å²) in [6, 6.07) is 9.84. The number of thiazole rings is 1. The molecule has 0 N–H and O–H groups in total. The predicted octanol–water partition coefficient (Wildman–Crippen LogP) is 4.51. The number of fused-ring (bicyclic) bond motifs is 1. The van der Waals surface area contributed by atoms with Gasteiger partial charge in [-0.25, -0.2) is 13.4 Å². The molecule has 0 bridgehead atoms. The Morgan fingerprint density at radius 3 is 2.16 bits per heavy atom. The zero-order valence-corrected chi connectivity index (χ0v) is 24.6. The lowest BCUT2D eigenvalue weighted by Crippen LogP contribution is -2.38. The van der Waals surface area contributed by atoms with Crippen molar-refractivity contribution in [2.24, 2.45) is 0 Å². The number of likely N-dealkylation sites (N-methyl/N-ethyl adjacent to an activating group) is 1. The van der Waals surface area contributed by atoms with Crippen molar-refractivity contribution >= 4 is 55.0 Å². The fraction of sp³-hybridized carbons (Fsp3) is 0.462. The number of sulfonamides is 1. The molecule has 0 unspecified atom stereocenters. The van der Waals surface area contributed by atoms with Gasteiger partial charge in [0.1, 0.15) is 21.7 Å². The van der Waals surface area contributed by atoms with Crippen molar-refractivity contribution in [1.29, 1.82) is 0 Å². The van der Waals surface area contributed by atoms with Crippen LogP contribution in [0, 0.1) is 0 Å². The molecule has 9 nitrogen and oxygen atoms in total. The summed E-state index contributed by atoms with van der Waals surface area (Å²) in [5.41, 5.74) is 1.03. The molecule has 1 aromatic heterocycles. The van der Waals surface area contributed by atoms with Crippen molar-refractivity contribution in [1.82, 2.24) is 14.2 Å². The molecule has 2 heterocycles. The molecule has 1 aliphatic heterocycles. The van der Waals surface area contributed by atoms with E-state index in [0.717, 1.165) is 30.6 Å². The van der Waals surface area contributed by atoms with Crippen molar-refractivity contribution in [3.8, 4) is 11.5 Å². The number of methoxy groups -OCH3 is 2. The highest BCUT2D eigenvalue weighted by Crippen LogP contribution is 2.40. The average Bonchev–Trinajstić information content (AvgIpc) is 3.62. The van der Waals surface area contributed by atoms with E-state index >= 15 is 0 Å². The first-order valence-electron chi connectivity index (χ1n) is 12.5. The topological polar surface area (TPSA) is 92.3 Å². The van der Waals surface area contributed by atoms with Crippen molar-refractivity contribution in [3.63, 3.8) is 0 Å². The van der Waals surface area contributed by atoms with Crippen LogP contribution in [0.1, 0.15) is 37.0 Å². The van der Waals surface area contributed by atoms with E-state index in [-0.39, 0.29) is 23.2 Å². The van der Waals surface area contributed by atoms with Crippen LogP contribution in [-0.4, -0.2) is 82.0 Å². The van der Waals surface area contributed by atoms with E-state index in [9.17, 15) is 13.2 Å². The Balaban J connectivity index is 0.00000400. The molecule has 208 valence electrons. The van der Waals surface area contributed by atoms with Crippen LogP contribution in [0.25, 0.3) is 10.2 Å². The van der Waals surface area contributed by atoms with Gasteiger partial charge in [0, 0.05) is 31.7 Å². The number of carbonyl (C=O) groups is 1. The van der Waals surface area contributed by atoms with Gasteiger partial charge in [0.2, 0.25) is 10.0 Å². The summed E-state index contributed by atoms with van der Waals surface area (Å²) in [7, 11) is -0.367. The van der Waals surface area contributed by atoms with E-state index < -0.39 is 10.0 Å². The normalized spacial score (nSPS) is 14.0. The lowest BCUT2D eigenvalue weighted by Gasteiger charge is -2.25. The number of rotatable bonds is 11. The SMILES string of the molecule is CCN(CC)CCN(C(=O)c1ccc(S(=O)(=O)N2CCCC2)cc1)c1nc2c(OC)ccc(OC)c2s1.Cl. The number of nitrogens with zero attached hydrogens (tertiary/aromatic N) is 4. The third kappa shape index (κ3) is 6.07. The van der Waals surface area contributed by atoms with E-state index in [1.807, 2.05) is 6.07 Å². The van der Waals surface area contributed by atoms with Gasteiger partial charge in [-0.1, -0.05) is 25.2 Å². The van der Waals surface area contributed by atoms with Gasteiger partial charge in [-0.3, -0.25) is 9.69 Å². The summed E-state index contributed by atoms with van der Waals surface area (Å²) in [6.45, 7) is 8.07. The molecule has 0 spiro atoms. The molecule has 38 heavy (non-hydrogen) atoms. The standard InChI is InChI=1S/C26H34N4O5S2.ClH/c1-5-28(6-2)17-18-30(26-27-23-21(34-3)13-14-22(35-4)24(23)36-26)25(31)19-9-11-20(12-10-19)37(32,33)29-15-7-8-16-29;/h9-14H,5-8,15-18H2,1-4H3;1H. The van der Waals surface area contributed by atoms with Crippen LogP contribution < -0.4 is 14.4 Å². The van der Waals surface area contributed by atoms with Crippen molar-refractivity contribution in [3.05, 3.63) is 42.0 Å². The highest BCUT2D eigenvalue weighted by molar-refractivity contribution is 7.89. The Morgan fingerprint density at radius 1 is 0.974 bits per heavy atom. The van der Waals surface area contributed by atoms with Crippen LogP contribution in [0.4, 0.5) is 5.13 Å². The monoisotopic (exact) mass is 582 g/mol. The maximum atomic E-state index is 13.8. The van der Waals surface area contributed by atoms with Gasteiger partial charge in [-0.05, 0) is 62.3 Å². The summed E-state index contributed by atoms with van der Waals surface area (Å²) in [5, 5.41) is 0.531. The quantitative estimate of drug-likeness (QED) is 0.328. The van der Waals surface area contributed by atoms with Crippen molar-refractivity contribution in [2.45, 2.75) is 31.6 Å². The van der Waals surface area contributed by atoms with E-state index in [2.05, 4.69) is 18.7 Å². The molecule has 0 aliphatic carbocycles. The number of hydrogen-bond acceptors (Lipinski definition) is 8. The van der Waals surface area contributed by atoms with Crippen LogP contribution >= 0.6 is 23.7 Å². The second-order valence-corrected chi connectivity index (χ2v) is 11.7. The number of aromatic nitrogens is 1. The van der Waals surface area contributed by atoms with Gasteiger partial charge in [0.15, 0.2) is 5.13 Å². The predicted molar refractivity (Wildman–Crippen MR) is 154 cm³/mol.